The molecule has 7 nitrogen and oxygen atoms in total. The third-order valence-electron chi connectivity index (χ3n) is 5.79. The molecule has 2 N–H and O–H groups in total. The Bertz CT molecular complexity index is 747. The van der Waals surface area contributed by atoms with Crippen molar-refractivity contribution in [3.8, 4) is 0 Å². The normalized spacial score (nSPS) is 21.9. The van der Waals surface area contributed by atoms with Gasteiger partial charge in [0, 0.05) is 17.7 Å². The lowest BCUT2D eigenvalue weighted by Gasteiger charge is -2.45. The minimum Gasteiger partial charge on any atom is -0.476 e. The van der Waals surface area contributed by atoms with E-state index in [2.05, 4.69) is 11.9 Å². The maximum absolute atomic E-state index is 12.1. The zero-order valence-electron chi connectivity index (χ0n) is 16.6. The molecule has 2 unspecified atom stereocenters. The van der Waals surface area contributed by atoms with Crippen LogP contribution < -0.4 is 0 Å². The number of thioether (sulfide) groups is 1. The molecular weight excluding hydrogens is 412 g/mol. The van der Waals surface area contributed by atoms with Gasteiger partial charge < -0.3 is 14.9 Å². The maximum atomic E-state index is 12.1. The van der Waals surface area contributed by atoms with Crippen molar-refractivity contribution in [2.45, 2.75) is 61.9 Å². The number of aromatic carboxylic acids is 1. The van der Waals surface area contributed by atoms with E-state index in [1.165, 1.54) is 34.9 Å². The van der Waals surface area contributed by atoms with Gasteiger partial charge in [-0.25, -0.2) is 14.6 Å². The standard InChI is InChI=1S/C20H28N2O5S2/c1-2-3-7-20(8-4-9-20)16(23)6-5-14-12-27-19(26)22(14)10-11-28-18-21-15(13-29-18)17(24)25/h5-6,13-14,16,23H,2-4,7-12H2,1H3,(H,24,25). The first-order valence-electron chi connectivity index (χ1n) is 10.1. The lowest BCUT2D eigenvalue weighted by Crippen LogP contribution is -2.41. The Morgan fingerprint density at radius 2 is 2.34 bits per heavy atom. The van der Waals surface area contributed by atoms with Crippen molar-refractivity contribution in [2.24, 2.45) is 5.41 Å². The van der Waals surface area contributed by atoms with Crippen molar-refractivity contribution in [3.05, 3.63) is 23.2 Å². The monoisotopic (exact) mass is 440 g/mol. The zero-order valence-corrected chi connectivity index (χ0v) is 18.2. The molecular formula is C20H28N2O5S2. The largest absolute Gasteiger partial charge is 0.476 e. The molecule has 2 heterocycles. The molecule has 0 bridgehead atoms. The van der Waals surface area contributed by atoms with Gasteiger partial charge in [-0.1, -0.05) is 50.1 Å². The topological polar surface area (TPSA) is 100.0 Å². The Balaban J connectivity index is 1.52. The number of thiazole rings is 1. The average molecular weight is 441 g/mol. The smallest absolute Gasteiger partial charge is 0.410 e. The summed E-state index contributed by atoms with van der Waals surface area (Å²) in [5.74, 6) is -0.446. The number of unbranched alkanes of at least 4 members (excludes halogenated alkanes) is 1. The van der Waals surface area contributed by atoms with Gasteiger partial charge in [-0.15, -0.1) is 11.3 Å². The van der Waals surface area contributed by atoms with Crippen LogP contribution in [0.1, 0.15) is 55.9 Å². The predicted octanol–water partition coefficient (Wildman–Crippen LogP) is 4.03. The number of aliphatic hydroxyl groups is 1. The second-order valence-corrected chi connectivity index (χ2v) is 9.84. The van der Waals surface area contributed by atoms with Crippen LogP contribution in [0.25, 0.3) is 0 Å². The molecule has 1 saturated carbocycles. The Morgan fingerprint density at radius 1 is 1.55 bits per heavy atom. The third kappa shape index (κ3) is 5.32. The maximum Gasteiger partial charge on any atom is 0.410 e. The van der Waals surface area contributed by atoms with Crippen molar-refractivity contribution >= 4 is 35.2 Å². The number of amides is 1. The van der Waals surface area contributed by atoms with E-state index >= 15 is 0 Å². The van der Waals surface area contributed by atoms with Crippen LogP contribution in [0.3, 0.4) is 0 Å². The number of rotatable bonds is 11. The molecule has 1 aliphatic heterocycles. The number of aromatic nitrogens is 1. The molecule has 2 atom stereocenters. The van der Waals surface area contributed by atoms with Crippen molar-refractivity contribution in [2.75, 3.05) is 18.9 Å². The van der Waals surface area contributed by atoms with Crippen LogP contribution in [0.2, 0.25) is 0 Å². The van der Waals surface area contributed by atoms with Crippen LogP contribution in [0.4, 0.5) is 4.79 Å². The SMILES string of the molecule is CCCCC1(C(O)C=CC2COC(=O)N2CCSc2nc(C(=O)O)cs2)CCC1. The second-order valence-electron chi connectivity index (χ2n) is 7.64. The number of carboxylic acid groups (broad SMARTS) is 1. The first-order valence-corrected chi connectivity index (χ1v) is 11.9. The predicted molar refractivity (Wildman–Crippen MR) is 113 cm³/mol. The Morgan fingerprint density at radius 3 is 2.97 bits per heavy atom. The first-order chi connectivity index (χ1) is 13.9. The van der Waals surface area contributed by atoms with E-state index < -0.39 is 12.1 Å². The van der Waals surface area contributed by atoms with E-state index in [1.54, 1.807) is 4.90 Å². The lowest BCUT2D eigenvalue weighted by molar-refractivity contribution is -0.0142. The summed E-state index contributed by atoms with van der Waals surface area (Å²) >= 11 is 2.70. The second kappa shape index (κ2) is 9.95. The minimum atomic E-state index is -1.04. The summed E-state index contributed by atoms with van der Waals surface area (Å²) in [6.45, 7) is 2.92. The van der Waals surface area contributed by atoms with Gasteiger partial charge in [-0.2, -0.15) is 0 Å². The summed E-state index contributed by atoms with van der Waals surface area (Å²) < 4.78 is 5.86. The number of carbonyl (C=O) groups excluding carboxylic acids is 1. The van der Waals surface area contributed by atoms with E-state index in [4.69, 9.17) is 9.84 Å². The molecule has 3 rings (SSSR count). The number of hydrogen-bond acceptors (Lipinski definition) is 7. The fourth-order valence-electron chi connectivity index (χ4n) is 3.83. The highest BCUT2D eigenvalue weighted by Gasteiger charge is 2.41. The van der Waals surface area contributed by atoms with Crippen LogP contribution in [-0.2, 0) is 4.74 Å². The van der Waals surface area contributed by atoms with Crippen molar-refractivity contribution < 1.29 is 24.5 Å². The van der Waals surface area contributed by atoms with Crippen molar-refractivity contribution in [1.29, 1.82) is 0 Å². The number of aliphatic hydroxyl groups excluding tert-OH is 1. The minimum absolute atomic E-state index is 0.00332. The van der Waals surface area contributed by atoms with Gasteiger partial charge in [0.15, 0.2) is 10.0 Å². The molecule has 0 spiro atoms. The number of cyclic esters (lactones) is 1. The summed E-state index contributed by atoms with van der Waals surface area (Å²) in [4.78, 5) is 28.7. The summed E-state index contributed by atoms with van der Waals surface area (Å²) in [5.41, 5.74) is 0.0458. The van der Waals surface area contributed by atoms with Crippen LogP contribution in [0.5, 0.6) is 0 Å². The molecule has 2 aliphatic rings. The summed E-state index contributed by atoms with van der Waals surface area (Å²) in [7, 11) is 0. The average Bonchev–Trinajstić information content (AvgIpc) is 3.27. The van der Waals surface area contributed by atoms with Crippen molar-refractivity contribution in [1.82, 2.24) is 9.88 Å². The molecule has 29 heavy (non-hydrogen) atoms. The molecule has 1 saturated heterocycles. The number of nitrogens with zero attached hydrogens (tertiary/aromatic N) is 2. The van der Waals surface area contributed by atoms with Gasteiger partial charge in [0.1, 0.15) is 6.61 Å². The number of carboxylic acids is 1. The molecule has 1 aromatic heterocycles. The molecule has 160 valence electrons. The molecule has 1 aromatic rings. The number of carbonyl (C=O) groups is 2. The zero-order chi connectivity index (χ0) is 20.9. The van der Waals surface area contributed by atoms with Gasteiger partial charge in [-0.3, -0.25) is 4.90 Å². The van der Waals surface area contributed by atoms with E-state index in [1.807, 2.05) is 12.2 Å². The third-order valence-corrected chi connectivity index (χ3v) is 7.79. The van der Waals surface area contributed by atoms with Gasteiger partial charge in [0.05, 0.1) is 12.1 Å². The fraction of sp³-hybridized carbons (Fsp3) is 0.650. The highest BCUT2D eigenvalue weighted by Crippen LogP contribution is 2.48. The van der Waals surface area contributed by atoms with E-state index in [-0.39, 0.29) is 29.9 Å². The van der Waals surface area contributed by atoms with Crippen LogP contribution in [0, 0.1) is 5.41 Å². The van der Waals surface area contributed by atoms with Crippen LogP contribution in [0.15, 0.2) is 21.9 Å². The lowest BCUT2D eigenvalue weighted by atomic mass is 9.62. The van der Waals surface area contributed by atoms with Gasteiger partial charge in [0.2, 0.25) is 0 Å². The quantitative estimate of drug-likeness (QED) is 0.396. The fourth-order valence-corrected chi connectivity index (χ4v) is 5.63. The Labute approximate surface area is 179 Å². The molecule has 1 amide bonds. The molecule has 2 fully saturated rings. The number of ether oxygens (including phenoxy) is 1. The van der Waals surface area contributed by atoms with Gasteiger partial charge in [0.25, 0.3) is 0 Å². The van der Waals surface area contributed by atoms with Gasteiger partial charge in [-0.05, 0) is 24.7 Å². The molecule has 0 aromatic carbocycles. The van der Waals surface area contributed by atoms with Crippen molar-refractivity contribution in [3.63, 3.8) is 0 Å². The van der Waals surface area contributed by atoms with Crippen LogP contribution >= 0.6 is 23.1 Å². The summed E-state index contributed by atoms with van der Waals surface area (Å²) in [6.07, 6.45) is 9.49. The Hall–Kier alpha value is -1.58. The summed E-state index contributed by atoms with van der Waals surface area (Å²) in [5, 5.41) is 21.2. The summed E-state index contributed by atoms with van der Waals surface area (Å²) in [6, 6.07) is -0.188. The first kappa shape index (κ1) is 22.1. The molecule has 0 radical (unpaired) electrons. The highest BCUT2D eigenvalue weighted by atomic mass is 32.2. The highest BCUT2D eigenvalue weighted by molar-refractivity contribution is 8.01. The van der Waals surface area contributed by atoms with E-state index in [0.29, 0.717) is 16.6 Å². The van der Waals surface area contributed by atoms with Crippen LogP contribution in [-0.4, -0.2) is 63.2 Å². The van der Waals surface area contributed by atoms with Gasteiger partial charge >= 0.3 is 12.1 Å². The molecule has 1 aliphatic carbocycles. The van der Waals surface area contributed by atoms with E-state index in [0.717, 1.165) is 32.1 Å². The van der Waals surface area contributed by atoms with E-state index in [9.17, 15) is 14.7 Å². The Kier molecular flexibility index (Phi) is 7.59. The molecule has 9 heteroatoms. The number of hydrogen-bond donors (Lipinski definition) is 2.